The van der Waals surface area contributed by atoms with E-state index >= 15 is 0 Å². The van der Waals surface area contributed by atoms with Gasteiger partial charge < -0.3 is 15.2 Å². The molecule has 124 valence electrons. The summed E-state index contributed by atoms with van der Waals surface area (Å²) in [6.45, 7) is 3.21. The minimum atomic E-state index is 0.0704. The van der Waals surface area contributed by atoms with E-state index in [1.165, 1.54) is 12.8 Å². The number of aromatic nitrogens is 2. The largest absolute Gasteiger partial charge is 0.354 e. The van der Waals surface area contributed by atoms with E-state index in [0.29, 0.717) is 12.5 Å². The fourth-order valence-electron chi connectivity index (χ4n) is 3.10. The number of imidazole rings is 1. The molecular formula is C17H24N4OS. The smallest absolute Gasteiger partial charge is 0.240 e. The summed E-state index contributed by atoms with van der Waals surface area (Å²) in [6.07, 6.45) is 4.45. The second-order valence-electron chi connectivity index (χ2n) is 6.05. The Bertz CT molecular complexity index is 664. The molecule has 1 aromatic carbocycles. The van der Waals surface area contributed by atoms with E-state index in [-0.39, 0.29) is 5.91 Å². The molecule has 0 spiro atoms. The maximum atomic E-state index is 12.4. The molecular weight excluding hydrogens is 308 g/mol. The first kappa shape index (κ1) is 16.3. The van der Waals surface area contributed by atoms with Crippen LogP contribution in [-0.2, 0) is 17.1 Å². The van der Waals surface area contributed by atoms with Gasteiger partial charge in [0.05, 0.1) is 16.8 Å². The summed E-state index contributed by atoms with van der Waals surface area (Å²) in [4.78, 5) is 17.0. The Hall–Kier alpha value is -1.53. The molecule has 2 heterocycles. The number of nitrogens with one attached hydrogen (secondary N) is 2. The fourth-order valence-corrected chi connectivity index (χ4v) is 3.58. The Morgan fingerprint density at radius 3 is 3.13 bits per heavy atom. The van der Waals surface area contributed by atoms with Crippen LogP contribution in [0.5, 0.6) is 0 Å². The standard InChI is InChI=1S/C17H24N4OS/c1-23-12-16-20-14-6-2-3-7-15(14)21(16)11-17(22)19-10-13-5-4-8-18-9-13/h2-3,6-7,13,18H,4-5,8-12H2,1H3,(H,19,22). The molecule has 2 aromatic rings. The summed E-state index contributed by atoms with van der Waals surface area (Å²) < 4.78 is 2.04. The highest BCUT2D eigenvalue weighted by atomic mass is 32.2. The zero-order valence-electron chi connectivity index (χ0n) is 13.5. The van der Waals surface area contributed by atoms with Gasteiger partial charge >= 0.3 is 0 Å². The maximum absolute atomic E-state index is 12.4. The van der Waals surface area contributed by atoms with Crippen molar-refractivity contribution in [3.8, 4) is 0 Å². The molecule has 1 aromatic heterocycles. The first-order chi connectivity index (χ1) is 11.3. The molecule has 5 nitrogen and oxygen atoms in total. The molecule has 1 aliphatic heterocycles. The molecule has 3 rings (SSSR count). The van der Waals surface area contributed by atoms with Crippen LogP contribution >= 0.6 is 11.8 Å². The minimum Gasteiger partial charge on any atom is -0.354 e. The molecule has 0 saturated carbocycles. The van der Waals surface area contributed by atoms with Crippen molar-refractivity contribution in [1.82, 2.24) is 20.2 Å². The summed E-state index contributed by atoms with van der Waals surface area (Å²) in [6, 6.07) is 8.01. The summed E-state index contributed by atoms with van der Waals surface area (Å²) in [5.74, 6) is 2.40. The van der Waals surface area contributed by atoms with Gasteiger partial charge in [0, 0.05) is 6.54 Å². The highest BCUT2D eigenvalue weighted by molar-refractivity contribution is 7.97. The van der Waals surface area contributed by atoms with Gasteiger partial charge in [-0.05, 0) is 50.2 Å². The van der Waals surface area contributed by atoms with Crippen LogP contribution in [-0.4, -0.2) is 41.3 Å². The lowest BCUT2D eigenvalue weighted by molar-refractivity contribution is -0.121. The monoisotopic (exact) mass is 332 g/mol. The second-order valence-corrected chi connectivity index (χ2v) is 6.92. The Balaban J connectivity index is 1.67. The van der Waals surface area contributed by atoms with Crippen molar-refractivity contribution in [2.24, 2.45) is 5.92 Å². The van der Waals surface area contributed by atoms with Gasteiger partial charge in [-0.25, -0.2) is 4.98 Å². The third-order valence-corrected chi connectivity index (χ3v) is 4.84. The van der Waals surface area contributed by atoms with Crippen LogP contribution in [0, 0.1) is 5.92 Å². The highest BCUT2D eigenvalue weighted by Gasteiger charge is 2.16. The van der Waals surface area contributed by atoms with Gasteiger partial charge in [-0.3, -0.25) is 4.79 Å². The molecule has 23 heavy (non-hydrogen) atoms. The lowest BCUT2D eigenvalue weighted by Gasteiger charge is -2.23. The van der Waals surface area contributed by atoms with Crippen LogP contribution in [0.3, 0.4) is 0 Å². The van der Waals surface area contributed by atoms with Crippen LogP contribution in [0.15, 0.2) is 24.3 Å². The predicted octanol–water partition coefficient (Wildman–Crippen LogP) is 2.02. The Morgan fingerprint density at radius 1 is 1.48 bits per heavy atom. The Labute approximate surface area is 141 Å². The van der Waals surface area contributed by atoms with Gasteiger partial charge in [0.1, 0.15) is 12.4 Å². The van der Waals surface area contributed by atoms with E-state index in [0.717, 1.165) is 42.2 Å². The first-order valence-electron chi connectivity index (χ1n) is 8.18. The number of hydrogen-bond acceptors (Lipinski definition) is 4. The van der Waals surface area contributed by atoms with Gasteiger partial charge in [-0.2, -0.15) is 11.8 Å². The molecule has 0 radical (unpaired) electrons. The van der Waals surface area contributed by atoms with Crippen LogP contribution in [0.4, 0.5) is 0 Å². The highest BCUT2D eigenvalue weighted by Crippen LogP contribution is 2.18. The first-order valence-corrected chi connectivity index (χ1v) is 9.58. The number of benzene rings is 1. The van der Waals surface area contributed by atoms with E-state index in [9.17, 15) is 4.79 Å². The van der Waals surface area contributed by atoms with Gasteiger partial charge in [-0.15, -0.1) is 0 Å². The molecule has 2 N–H and O–H groups in total. The summed E-state index contributed by atoms with van der Waals surface area (Å²) >= 11 is 1.72. The number of amides is 1. The van der Waals surface area contributed by atoms with Crippen molar-refractivity contribution >= 4 is 28.7 Å². The quantitative estimate of drug-likeness (QED) is 0.850. The average molecular weight is 332 g/mol. The van der Waals surface area contributed by atoms with Crippen molar-refractivity contribution in [2.45, 2.75) is 25.1 Å². The van der Waals surface area contributed by atoms with Crippen molar-refractivity contribution in [3.63, 3.8) is 0 Å². The van der Waals surface area contributed by atoms with Gasteiger partial charge in [0.15, 0.2) is 0 Å². The SMILES string of the molecule is CSCc1nc2ccccc2n1CC(=O)NCC1CCCNC1. The number of thioether (sulfide) groups is 1. The van der Waals surface area contributed by atoms with E-state index < -0.39 is 0 Å². The van der Waals surface area contributed by atoms with Gasteiger partial charge in [-0.1, -0.05) is 12.1 Å². The normalized spacial score (nSPS) is 18.2. The van der Waals surface area contributed by atoms with Crippen LogP contribution < -0.4 is 10.6 Å². The van der Waals surface area contributed by atoms with Gasteiger partial charge in [0.25, 0.3) is 0 Å². The number of rotatable bonds is 6. The number of fused-ring (bicyclic) bond motifs is 1. The van der Waals surface area contributed by atoms with Crippen molar-refractivity contribution in [3.05, 3.63) is 30.1 Å². The molecule has 6 heteroatoms. The predicted molar refractivity (Wildman–Crippen MR) is 95.6 cm³/mol. The van der Waals surface area contributed by atoms with E-state index in [2.05, 4.69) is 21.9 Å². The number of carbonyl (C=O) groups excluding carboxylic acids is 1. The third kappa shape index (κ3) is 4.06. The summed E-state index contributed by atoms with van der Waals surface area (Å²) in [5, 5.41) is 6.48. The zero-order chi connectivity index (χ0) is 16.1. The van der Waals surface area contributed by atoms with E-state index in [1.807, 2.05) is 28.8 Å². The minimum absolute atomic E-state index is 0.0704. The fraction of sp³-hybridized carbons (Fsp3) is 0.529. The van der Waals surface area contributed by atoms with E-state index in [4.69, 9.17) is 0 Å². The number of piperidine rings is 1. The van der Waals surface area contributed by atoms with E-state index in [1.54, 1.807) is 11.8 Å². The average Bonchev–Trinajstić information content (AvgIpc) is 2.92. The van der Waals surface area contributed by atoms with Gasteiger partial charge in [0.2, 0.25) is 5.91 Å². The number of para-hydroxylation sites is 2. The third-order valence-electron chi connectivity index (χ3n) is 4.30. The second kappa shape index (κ2) is 7.84. The maximum Gasteiger partial charge on any atom is 0.240 e. The topological polar surface area (TPSA) is 59.0 Å². The summed E-state index contributed by atoms with van der Waals surface area (Å²) in [5.41, 5.74) is 1.99. The van der Waals surface area contributed by atoms with Crippen LogP contribution in [0.2, 0.25) is 0 Å². The number of carbonyl (C=O) groups is 1. The lowest BCUT2D eigenvalue weighted by atomic mass is 10.00. The molecule has 0 aliphatic carbocycles. The number of nitrogens with zero attached hydrogens (tertiary/aromatic N) is 2. The molecule has 1 fully saturated rings. The van der Waals surface area contributed by atoms with Crippen LogP contribution in [0.25, 0.3) is 11.0 Å². The van der Waals surface area contributed by atoms with Crippen molar-refractivity contribution in [2.75, 3.05) is 25.9 Å². The van der Waals surface area contributed by atoms with Crippen molar-refractivity contribution in [1.29, 1.82) is 0 Å². The lowest BCUT2D eigenvalue weighted by Crippen LogP contribution is -2.39. The Morgan fingerprint density at radius 2 is 2.35 bits per heavy atom. The van der Waals surface area contributed by atoms with Crippen molar-refractivity contribution < 1.29 is 4.79 Å². The Kier molecular flexibility index (Phi) is 5.56. The number of hydrogen-bond donors (Lipinski definition) is 2. The zero-order valence-corrected chi connectivity index (χ0v) is 14.4. The van der Waals surface area contributed by atoms with Crippen LogP contribution in [0.1, 0.15) is 18.7 Å². The summed E-state index contributed by atoms with van der Waals surface area (Å²) in [7, 11) is 0. The molecule has 0 bridgehead atoms. The molecule has 1 atom stereocenters. The molecule has 1 saturated heterocycles. The molecule has 1 amide bonds. The molecule has 1 unspecified atom stereocenters. The molecule has 1 aliphatic rings.